The summed E-state index contributed by atoms with van der Waals surface area (Å²) in [5.74, 6) is 1.00. The van der Waals surface area contributed by atoms with Crippen molar-refractivity contribution in [3.8, 4) is 0 Å². The molecule has 0 bridgehead atoms. The van der Waals surface area contributed by atoms with Gasteiger partial charge in [-0.1, -0.05) is 18.2 Å². The number of aryl methyl sites for hydroxylation is 3. The van der Waals surface area contributed by atoms with Gasteiger partial charge in [0.25, 0.3) is 0 Å². The highest BCUT2D eigenvalue weighted by molar-refractivity contribution is 5.85. The van der Waals surface area contributed by atoms with Crippen LogP contribution in [0.5, 0.6) is 0 Å². The molecule has 1 aromatic carbocycles. The maximum Gasteiger partial charge on any atom is 0.320 e. The lowest BCUT2D eigenvalue weighted by atomic mass is 10.0. The number of urea groups is 1. The average molecular weight is 387 g/mol. The minimum Gasteiger partial charge on any atom is -0.326 e. The Kier molecular flexibility index (Phi) is 4.34. The van der Waals surface area contributed by atoms with Gasteiger partial charge in [0.2, 0.25) is 0 Å². The average Bonchev–Trinajstić information content (AvgIpc) is 3.27. The minimum atomic E-state index is 0.0748. The summed E-state index contributed by atoms with van der Waals surface area (Å²) < 4.78 is 2.34. The summed E-state index contributed by atoms with van der Waals surface area (Å²) in [6, 6.07) is 8.55. The molecule has 0 aliphatic carbocycles. The Bertz CT molecular complexity index is 1110. The van der Waals surface area contributed by atoms with Gasteiger partial charge in [-0.25, -0.2) is 9.78 Å². The predicted octanol–water partition coefficient (Wildman–Crippen LogP) is 3.72. The lowest BCUT2D eigenvalue weighted by Crippen LogP contribution is -2.29. The van der Waals surface area contributed by atoms with Crippen LogP contribution >= 0.6 is 0 Å². The maximum atomic E-state index is 12.0. The van der Waals surface area contributed by atoms with Crippen LogP contribution in [0.1, 0.15) is 34.6 Å². The number of hydrogen-bond donors (Lipinski definition) is 0. The number of rotatable bonds is 4. The molecule has 2 aromatic heterocycles. The molecule has 148 valence electrons. The van der Waals surface area contributed by atoms with Crippen molar-refractivity contribution in [1.82, 2.24) is 24.3 Å². The standard InChI is InChI=1S/C23H25N5O/c1-16-5-8-18-4-3-11-28-20(25-21(16)22(18)28)10-7-17-6-9-19(24-14-17)15-27-13-12-26(2)23(27)29/h5-10,14H,3-4,11-13,15H2,1-2H3/b10-7+. The molecule has 0 N–H and O–H groups in total. The Labute approximate surface area is 170 Å². The third kappa shape index (κ3) is 3.18. The monoisotopic (exact) mass is 387 g/mol. The lowest BCUT2D eigenvalue weighted by Gasteiger charge is -2.16. The SMILES string of the molecule is Cc1ccc2c3c1nc(/C=C/c1ccc(CN4CCN(C)C4=O)nc1)n3CCC2. The van der Waals surface area contributed by atoms with Gasteiger partial charge in [-0.15, -0.1) is 0 Å². The molecule has 6 heteroatoms. The van der Waals surface area contributed by atoms with Crippen molar-refractivity contribution in [3.05, 3.63) is 58.7 Å². The van der Waals surface area contributed by atoms with Gasteiger partial charge >= 0.3 is 6.03 Å². The van der Waals surface area contributed by atoms with Crippen LogP contribution < -0.4 is 0 Å². The van der Waals surface area contributed by atoms with Crippen LogP contribution in [-0.2, 0) is 19.5 Å². The molecule has 6 nitrogen and oxygen atoms in total. The highest BCUT2D eigenvalue weighted by atomic mass is 16.2. The van der Waals surface area contributed by atoms with Gasteiger partial charge < -0.3 is 14.4 Å². The first-order valence-electron chi connectivity index (χ1n) is 10.2. The number of nitrogens with zero attached hydrogens (tertiary/aromatic N) is 5. The number of amides is 2. The highest BCUT2D eigenvalue weighted by Crippen LogP contribution is 2.29. The van der Waals surface area contributed by atoms with Crippen molar-refractivity contribution in [2.45, 2.75) is 32.9 Å². The van der Waals surface area contributed by atoms with Crippen molar-refractivity contribution in [2.75, 3.05) is 20.1 Å². The van der Waals surface area contributed by atoms with Crippen molar-refractivity contribution in [2.24, 2.45) is 0 Å². The van der Waals surface area contributed by atoms with E-state index in [-0.39, 0.29) is 6.03 Å². The Balaban J connectivity index is 1.36. The lowest BCUT2D eigenvalue weighted by molar-refractivity contribution is 0.196. The topological polar surface area (TPSA) is 54.3 Å². The second kappa shape index (κ2) is 7.03. The molecule has 5 rings (SSSR count). The third-order valence-electron chi connectivity index (χ3n) is 5.96. The van der Waals surface area contributed by atoms with Gasteiger partial charge in [-0.05, 0) is 54.7 Å². The van der Waals surface area contributed by atoms with Gasteiger partial charge in [0, 0.05) is 32.9 Å². The molecule has 3 aromatic rings. The molecular formula is C23H25N5O. The maximum absolute atomic E-state index is 12.0. The summed E-state index contributed by atoms with van der Waals surface area (Å²) in [7, 11) is 1.83. The van der Waals surface area contributed by atoms with Crippen molar-refractivity contribution in [3.63, 3.8) is 0 Å². The molecule has 29 heavy (non-hydrogen) atoms. The van der Waals surface area contributed by atoms with Gasteiger partial charge in [-0.3, -0.25) is 4.98 Å². The Hall–Kier alpha value is -3.15. The van der Waals surface area contributed by atoms with Crippen molar-refractivity contribution >= 4 is 29.2 Å². The summed E-state index contributed by atoms with van der Waals surface area (Å²) >= 11 is 0. The number of imidazole rings is 1. The van der Waals surface area contributed by atoms with E-state index in [4.69, 9.17) is 4.98 Å². The molecule has 1 fully saturated rings. The van der Waals surface area contributed by atoms with E-state index in [1.165, 1.54) is 16.6 Å². The van der Waals surface area contributed by atoms with Crippen molar-refractivity contribution in [1.29, 1.82) is 0 Å². The summed E-state index contributed by atoms with van der Waals surface area (Å²) in [4.78, 5) is 25.1. The first-order valence-corrected chi connectivity index (χ1v) is 10.2. The molecule has 0 radical (unpaired) electrons. The largest absolute Gasteiger partial charge is 0.326 e. The molecule has 4 heterocycles. The smallest absolute Gasteiger partial charge is 0.320 e. The number of carbonyl (C=O) groups excluding carboxylic acids is 1. The minimum absolute atomic E-state index is 0.0748. The zero-order chi connectivity index (χ0) is 20.0. The number of benzene rings is 1. The molecule has 0 spiro atoms. The molecule has 2 amide bonds. The summed E-state index contributed by atoms with van der Waals surface area (Å²) in [5.41, 5.74) is 6.99. The fourth-order valence-electron chi connectivity index (χ4n) is 4.28. The van der Waals surface area contributed by atoms with Gasteiger partial charge in [0.05, 0.1) is 23.3 Å². The van der Waals surface area contributed by atoms with E-state index in [1.807, 2.05) is 24.2 Å². The molecule has 2 aliphatic heterocycles. The second-order valence-electron chi connectivity index (χ2n) is 8.01. The summed E-state index contributed by atoms with van der Waals surface area (Å²) in [6.07, 6.45) is 8.31. The van der Waals surface area contributed by atoms with Gasteiger partial charge in [0.1, 0.15) is 5.82 Å². The molecule has 1 saturated heterocycles. The first-order chi connectivity index (χ1) is 14.1. The van der Waals surface area contributed by atoms with Crippen LogP contribution in [0.3, 0.4) is 0 Å². The zero-order valence-electron chi connectivity index (χ0n) is 16.9. The van der Waals surface area contributed by atoms with E-state index in [1.54, 1.807) is 4.90 Å². The van der Waals surface area contributed by atoms with Crippen LogP contribution in [0, 0.1) is 6.92 Å². The van der Waals surface area contributed by atoms with E-state index < -0.39 is 0 Å². The number of pyridine rings is 1. The number of aromatic nitrogens is 3. The van der Waals surface area contributed by atoms with E-state index in [9.17, 15) is 4.79 Å². The van der Waals surface area contributed by atoms with Gasteiger partial charge in [-0.2, -0.15) is 0 Å². The van der Waals surface area contributed by atoms with E-state index in [0.717, 1.165) is 55.1 Å². The molecule has 2 aliphatic rings. The molecule has 0 atom stereocenters. The predicted molar refractivity (Wildman–Crippen MR) is 114 cm³/mol. The van der Waals surface area contributed by atoms with E-state index in [2.05, 4.69) is 46.8 Å². The quantitative estimate of drug-likeness (QED) is 0.686. The fourth-order valence-corrected chi connectivity index (χ4v) is 4.28. The molecule has 0 unspecified atom stereocenters. The van der Waals surface area contributed by atoms with E-state index >= 15 is 0 Å². The second-order valence-corrected chi connectivity index (χ2v) is 8.01. The third-order valence-corrected chi connectivity index (χ3v) is 5.96. The van der Waals surface area contributed by atoms with Crippen LogP contribution in [-0.4, -0.2) is 50.5 Å². The molecule has 0 saturated carbocycles. The first kappa shape index (κ1) is 17.9. The van der Waals surface area contributed by atoms with Crippen LogP contribution in [0.2, 0.25) is 0 Å². The Morgan fingerprint density at radius 3 is 2.76 bits per heavy atom. The number of carbonyl (C=O) groups is 1. The van der Waals surface area contributed by atoms with E-state index in [0.29, 0.717) is 6.54 Å². The highest BCUT2D eigenvalue weighted by Gasteiger charge is 2.25. The van der Waals surface area contributed by atoms with Crippen LogP contribution in [0.4, 0.5) is 4.79 Å². The Morgan fingerprint density at radius 1 is 1.10 bits per heavy atom. The fraction of sp³-hybridized carbons (Fsp3) is 0.348. The van der Waals surface area contributed by atoms with Crippen molar-refractivity contribution < 1.29 is 4.79 Å². The van der Waals surface area contributed by atoms with Gasteiger partial charge in [0.15, 0.2) is 0 Å². The molecular weight excluding hydrogens is 362 g/mol. The Morgan fingerprint density at radius 2 is 2.00 bits per heavy atom. The van der Waals surface area contributed by atoms with Crippen LogP contribution in [0.25, 0.3) is 23.2 Å². The number of likely N-dealkylation sites (N-methyl/N-ethyl adjacent to an activating group) is 1. The summed E-state index contributed by atoms with van der Waals surface area (Å²) in [5, 5.41) is 0. The van der Waals surface area contributed by atoms with Crippen LogP contribution in [0.15, 0.2) is 30.5 Å². The summed E-state index contributed by atoms with van der Waals surface area (Å²) in [6.45, 7) is 5.25. The number of hydrogen-bond acceptors (Lipinski definition) is 3. The zero-order valence-corrected chi connectivity index (χ0v) is 16.9. The normalized spacial score (nSPS) is 16.6.